The predicted octanol–water partition coefficient (Wildman–Crippen LogP) is 2.85. The van der Waals surface area contributed by atoms with Crippen molar-refractivity contribution in [3.63, 3.8) is 0 Å². The zero-order chi connectivity index (χ0) is 17.2. The van der Waals surface area contributed by atoms with Crippen molar-refractivity contribution in [1.29, 1.82) is 5.26 Å². The fourth-order valence-corrected chi connectivity index (χ4v) is 4.21. The number of morpholine rings is 1. The average molecular weight is 328 g/mol. The fourth-order valence-electron chi connectivity index (χ4n) is 4.21. The highest BCUT2D eigenvalue weighted by atomic mass is 16.5. The molecule has 4 heteroatoms. The Kier molecular flexibility index (Phi) is 5.24. The molecule has 1 aromatic rings. The van der Waals surface area contributed by atoms with E-state index in [-0.39, 0.29) is 12.1 Å². The lowest BCUT2D eigenvalue weighted by Gasteiger charge is -2.40. The van der Waals surface area contributed by atoms with Gasteiger partial charge in [-0.3, -0.25) is 4.90 Å². The molecule has 1 aromatic carbocycles. The second-order valence-electron chi connectivity index (χ2n) is 7.67. The first kappa shape index (κ1) is 17.4. The van der Waals surface area contributed by atoms with Gasteiger partial charge >= 0.3 is 0 Å². The quantitative estimate of drug-likeness (QED) is 0.923. The Morgan fingerprint density at radius 1 is 1.33 bits per heavy atom. The number of benzene rings is 1. The smallest absolute Gasteiger partial charge is 0.0769 e. The summed E-state index contributed by atoms with van der Waals surface area (Å²) < 4.78 is 5.72. The molecule has 0 aromatic heterocycles. The molecule has 24 heavy (non-hydrogen) atoms. The van der Waals surface area contributed by atoms with E-state index >= 15 is 0 Å². The molecule has 0 spiro atoms. The molecule has 3 rings (SSSR count). The number of nitrogens with zero attached hydrogens (tertiary/aromatic N) is 2. The first-order valence-corrected chi connectivity index (χ1v) is 9.02. The van der Waals surface area contributed by atoms with Crippen LogP contribution in [0.25, 0.3) is 0 Å². The van der Waals surface area contributed by atoms with E-state index in [9.17, 15) is 10.4 Å². The van der Waals surface area contributed by atoms with E-state index < -0.39 is 5.41 Å². The summed E-state index contributed by atoms with van der Waals surface area (Å²) in [6.45, 7) is 7.09. The van der Waals surface area contributed by atoms with Crippen molar-refractivity contribution in [2.45, 2.75) is 57.2 Å². The maximum absolute atomic E-state index is 10.3. The molecule has 1 aliphatic heterocycles. The lowest BCUT2D eigenvalue weighted by Crippen LogP contribution is -2.50. The van der Waals surface area contributed by atoms with Crippen molar-refractivity contribution in [3.8, 4) is 6.07 Å². The standard InChI is InChI=1S/C20H28N2O2/c1-20(2,14-21)17-8-4-3-6-15(17)12-22-10-11-24-13-18(22)16-7-5-9-19(16)23/h3-4,6,8,16,18-19,23H,5,7,9-13H2,1-2H3/t16-,18-,19+/m1/s1. The maximum Gasteiger partial charge on any atom is 0.0769 e. The van der Waals surface area contributed by atoms with Gasteiger partial charge in [-0.25, -0.2) is 0 Å². The van der Waals surface area contributed by atoms with Crippen molar-refractivity contribution in [1.82, 2.24) is 4.90 Å². The number of hydrogen-bond acceptors (Lipinski definition) is 4. The molecule has 1 heterocycles. The van der Waals surface area contributed by atoms with Gasteiger partial charge in [-0.1, -0.05) is 30.7 Å². The third-order valence-corrected chi connectivity index (χ3v) is 5.65. The molecular formula is C20H28N2O2. The van der Waals surface area contributed by atoms with Crippen LogP contribution in [0.1, 0.15) is 44.2 Å². The summed E-state index contributed by atoms with van der Waals surface area (Å²) in [6, 6.07) is 11.0. The van der Waals surface area contributed by atoms with Crippen molar-refractivity contribution in [2.75, 3.05) is 19.8 Å². The molecule has 0 bridgehead atoms. The predicted molar refractivity (Wildman–Crippen MR) is 93.4 cm³/mol. The van der Waals surface area contributed by atoms with Crippen molar-refractivity contribution < 1.29 is 9.84 Å². The molecule has 3 atom stereocenters. The van der Waals surface area contributed by atoms with E-state index in [1.54, 1.807) is 0 Å². The second-order valence-corrected chi connectivity index (χ2v) is 7.67. The van der Waals surface area contributed by atoms with Crippen LogP contribution in [-0.2, 0) is 16.7 Å². The summed E-state index contributed by atoms with van der Waals surface area (Å²) in [5.74, 6) is 0.307. The molecule has 1 aliphatic carbocycles. The van der Waals surface area contributed by atoms with Gasteiger partial charge in [0.2, 0.25) is 0 Å². The Balaban J connectivity index is 1.83. The first-order chi connectivity index (χ1) is 11.5. The largest absolute Gasteiger partial charge is 0.393 e. The maximum atomic E-state index is 10.3. The Labute approximate surface area is 145 Å². The van der Waals surface area contributed by atoms with Gasteiger partial charge in [-0.2, -0.15) is 5.26 Å². The van der Waals surface area contributed by atoms with Gasteiger partial charge in [0.1, 0.15) is 0 Å². The van der Waals surface area contributed by atoms with Crippen LogP contribution in [0.15, 0.2) is 24.3 Å². The summed E-state index contributed by atoms with van der Waals surface area (Å²) in [5.41, 5.74) is 1.82. The molecule has 4 nitrogen and oxygen atoms in total. The lowest BCUT2D eigenvalue weighted by molar-refractivity contribution is -0.0537. The van der Waals surface area contributed by atoms with Crippen molar-refractivity contribution in [2.24, 2.45) is 5.92 Å². The molecule has 1 N–H and O–H groups in total. The molecule has 0 radical (unpaired) electrons. The minimum Gasteiger partial charge on any atom is -0.393 e. The fraction of sp³-hybridized carbons (Fsp3) is 0.650. The summed E-state index contributed by atoms with van der Waals surface area (Å²) in [7, 11) is 0. The first-order valence-electron chi connectivity index (χ1n) is 9.02. The van der Waals surface area contributed by atoms with Crippen LogP contribution in [0.5, 0.6) is 0 Å². The topological polar surface area (TPSA) is 56.5 Å². The minimum absolute atomic E-state index is 0.204. The summed E-state index contributed by atoms with van der Waals surface area (Å²) in [5, 5.41) is 19.8. The number of ether oxygens (including phenoxy) is 1. The monoisotopic (exact) mass is 328 g/mol. The van der Waals surface area contributed by atoms with Crippen LogP contribution in [0, 0.1) is 17.2 Å². The van der Waals surface area contributed by atoms with Gasteiger partial charge in [0.25, 0.3) is 0 Å². The summed E-state index contributed by atoms with van der Waals surface area (Å²) in [6.07, 6.45) is 2.89. The normalized spacial score (nSPS) is 28.7. The van der Waals surface area contributed by atoms with E-state index in [4.69, 9.17) is 4.74 Å². The van der Waals surface area contributed by atoms with E-state index in [0.717, 1.165) is 44.5 Å². The van der Waals surface area contributed by atoms with Gasteiger partial charge in [-0.05, 0) is 37.8 Å². The third kappa shape index (κ3) is 3.49. The molecule has 130 valence electrons. The molecule has 2 aliphatic rings. The Morgan fingerprint density at radius 2 is 2.12 bits per heavy atom. The molecule has 2 fully saturated rings. The highest BCUT2D eigenvalue weighted by Gasteiger charge is 2.38. The zero-order valence-corrected chi connectivity index (χ0v) is 14.7. The Hall–Kier alpha value is -1.41. The van der Waals surface area contributed by atoms with Crippen molar-refractivity contribution in [3.05, 3.63) is 35.4 Å². The van der Waals surface area contributed by atoms with Gasteiger partial charge in [0, 0.05) is 25.0 Å². The highest BCUT2D eigenvalue weighted by molar-refractivity contribution is 5.37. The van der Waals surface area contributed by atoms with Gasteiger partial charge in [-0.15, -0.1) is 0 Å². The van der Waals surface area contributed by atoms with E-state index in [0.29, 0.717) is 12.5 Å². The Bertz CT molecular complexity index is 608. The van der Waals surface area contributed by atoms with Crippen LogP contribution >= 0.6 is 0 Å². The minimum atomic E-state index is -0.495. The van der Waals surface area contributed by atoms with Crippen LogP contribution in [0.2, 0.25) is 0 Å². The molecule has 1 saturated heterocycles. The number of aliphatic hydroxyl groups excluding tert-OH is 1. The SMILES string of the molecule is CC(C)(C#N)c1ccccc1CN1CCOC[C@@H]1[C@H]1CCC[C@@H]1O. The molecule has 0 unspecified atom stereocenters. The van der Waals surface area contributed by atoms with Crippen LogP contribution < -0.4 is 0 Å². The summed E-state index contributed by atoms with van der Waals surface area (Å²) >= 11 is 0. The molecule has 0 amide bonds. The van der Waals surface area contributed by atoms with Crippen LogP contribution in [-0.4, -0.2) is 41.9 Å². The van der Waals surface area contributed by atoms with E-state index in [1.165, 1.54) is 5.56 Å². The average Bonchev–Trinajstić information content (AvgIpc) is 3.01. The van der Waals surface area contributed by atoms with Crippen LogP contribution in [0.4, 0.5) is 0 Å². The third-order valence-electron chi connectivity index (χ3n) is 5.65. The second kappa shape index (κ2) is 7.23. The molecule has 1 saturated carbocycles. The summed E-state index contributed by atoms with van der Waals surface area (Å²) in [4.78, 5) is 2.45. The van der Waals surface area contributed by atoms with Gasteiger partial charge in [0.05, 0.1) is 30.8 Å². The van der Waals surface area contributed by atoms with Gasteiger partial charge < -0.3 is 9.84 Å². The number of aliphatic hydroxyl groups is 1. The number of hydrogen-bond donors (Lipinski definition) is 1. The zero-order valence-electron chi connectivity index (χ0n) is 14.7. The van der Waals surface area contributed by atoms with Gasteiger partial charge in [0.15, 0.2) is 0 Å². The lowest BCUT2D eigenvalue weighted by atomic mass is 9.82. The van der Waals surface area contributed by atoms with E-state index in [2.05, 4.69) is 23.1 Å². The molecular weight excluding hydrogens is 300 g/mol. The number of nitriles is 1. The Morgan fingerprint density at radius 3 is 2.83 bits per heavy atom. The van der Waals surface area contributed by atoms with Crippen molar-refractivity contribution >= 4 is 0 Å². The van der Waals surface area contributed by atoms with Crippen LogP contribution in [0.3, 0.4) is 0 Å². The van der Waals surface area contributed by atoms with E-state index in [1.807, 2.05) is 26.0 Å². The highest BCUT2D eigenvalue weighted by Crippen LogP contribution is 2.34. The number of rotatable bonds is 4.